The molecule has 2 aromatic rings. The van der Waals surface area contributed by atoms with E-state index in [-0.39, 0.29) is 0 Å². The first-order chi connectivity index (χ1) is 9.74. The van der Waals surface area contributed by atoms with Gasteiger partial charge in [-0.25, -0.2) is 9.97 Å². The highest BCUT2D eigenvalue weighted by Gasteiger charge is 2.06. The Labute approximate surface area is 120 Å². The van der Waals surface area contributed by atoms with Gasteiger partial charge in [0.25, 0.3) is 0 Å². The van der Waals surface area contributed by atoms with Gasteiger partial charge in [0.1, 0.15) is 5.82 Å². The summed E-state index contributed by atoms with van der Waals surface area (Å²) in [5.41, 5.74) is 7.77. The zero-order valence-corrected chi connectivity index (χ0v) is 12.3. The van der Waals surface area contributed by atoms with Crippen molar-refractivity contribution in [3.8, 4) is 11.3 Å². The molecule has 5 nitrogen and oxygen atoms in total. The SMILES string of the molecule is CCN(CC)CCCn1cncc1-c1ccc(N)nc1. The molecule has 2 N–H and O–H groups in total. The van der Waals surface area contributed by atoms with E-state index in [1.165, 1.54) is 0 Å². The topological polar surface area (TPSA) is 60.0 Å². The molecule has 5 heteroatoms. The second-order valence-corrected chi connectivity index (χ2v) is 4.82. The van der Waals surface area contributed by atoms with E-state index in [1.807, 2.05) is 24.7 Å². The molecular formula is C15H23N5. The molecule has 0 unspecified atom stereocenters. The number of pyridine rings is 1. The number of nitrogen functional groups attached to an aromatic ring is 1. The van der Waals surface area contributed by atoms with Gasteiger partial charge in [0.2, 0.25) is 0 Å². The Morgan fingerprint density at radius 1 is 1.20 bits per heavy atom. The quantitative estimate of drug-likeness (QED) is 0.840. The summed E-state index contributed by atoms with van der Waals surface area (Å²) in [5.74, 6) is 0.543. The van der Waals surface area contributed by atoms with Gasteiger partial charge in [-0.1, -0.05) is 13.8 Å². The van der Waals surface area contributed by atoms with E-state index in [1.54, 1.807) is 6.20 Å². The van der Waals surface area contributed by atoms with Crippen LogP contribution in [0, 0.1) is 0 Å². The molecule has 0 spiro atoms. The summed E-state index contributed by atoms with van der Waals surface area (Å²) >= 11 is 0. The molecule has 0 fully saturated rings. The first kappa shape index (κ1) is 14.5. The zero-order chi connectivity index (χ0) is 14.4. The van der Waals surface area contributed by atoms with E-state index in [0.717, 1.165) is 43.9 Å². The van der Waals surface area contributed by atoms with Crippen LogP contribution in [-0.2, 0) is 6.54 Å². The highest BCUT2D eigenvalue weighted by Crippen LogP contribution is 2.18. The summed E-state index contributed by atoms with van der Waals surface area (Å²) in [6.45, 7) is 8.70. The molecule has 2 heterocycles. The Bertz CT molecular complexity index is 513. The molecule has 0 atom stereocenters. The largest absolute Gasteiger partial charge is 0.384 e. The van der Waals surface area contributed by atoms with Gasteiger partial charge in [0.15, 0.2) is 0 Å². The van der Waals surface area contributed by atoms with Crippen molar-refractivity contribution in [1.82, 2.24) is 19.4 Å². The summed E-state index contributed by atoms with van der Waals surface area (Å²) in [4.78, 5) is 10.8. The molecule has 0 bridgehead atoms. The highest BCUT2D eigenvalue weighted by molar-refractivity contribution is 5.59. The van der Waals surface area contributed by atoms with Gasteiger partial charge in [0, 0.05) is 18.3 Å². The molecule has 0 saturated heterocycles. The highest BCUT2D eigenvalue weighted by atomic mass is 15.1. The summed E-state index contributed by atoms with van der Waals surface area (Å²) in [5, 5.41) is 0. The van der Waals surface area contributed by atoms with Gasteiger partial charge in [-0.2, -0.15) is 0 Å². The Kier molecular flexibility index (Phi) is 5.12. The number of nitrogens with two attached hydrogens (primary N) is 1. The van der Waals surface area contributed by atoms with Crippen LogP contribution in [0.1, 0.15) is 20.3 Å². The maximum Gasteiger partial charge on any atom is 0.123 e. The van der Waals surface area contributed by atoms with Crippen molar-refractivity contribution in [2.24, 2.45) is 0 Å². The number of hydrogen-bond acceptors (Lipinski definition) is 4. The summed E-state index contributed by atoms with van der Waals surface area (Å²) in [6, 6.07) is 3.81. The molecule has 0 aliphatic heterocycles. The smallest absolute Gasteiger partial charge is 0.123 e. The van der Waals surface area contributed by atoms with Crippen molar-refractivity contribution >= 4 is 5.82 Å². The minimum absolute atomic E-state index is 0.543. The van der Waals surface area contributed by atoms with Gasteiger partial charge in [-0.15, -0.1) is 0 Å². The Morgan fingerprint density at radius 3 is 2.65 bits per heavy atom. The minimum Gasteiger partial charge on any atom is -0.384 e. The first-order valence-corrected chi connectivity index (χ1v) is 7.19. The van der Waals surface area contributed by atoms with Gasteiger partial charge in [-0.3, -0.25) is 0 Å². The molecule has 0 amide bonds. The lowest BCUT2D eigenvalue weighted by Crippen LogP contribution is -2.24. The maximum atomic E-state index is 5.62. The van der Waals surface area contributed by atoms with Gasteiger partial charge in [0.05, 0.1) is 18.2 Å². The van der Waals surface area contributed by atoms with Crippen LogP contribution in [-0.4, -0.2) is 39.1 Å². The molecule has 2 aromatic heterocycles. The molecule has 20 heavy (non-hydrogen) atoms. The molecular weight excluding hydrogens is 250 g/mol. The van der Waals surface area contributed by atoms with E-state index >= 15 is 0 Å². The Hall–Kier alpha value is -1.88. The van der Waals surface area contributed by atoms with E-state index < -0.39 is 0 Å². The molecule has 0 radical (unpaired) electrons. The lowest BCUT2D eigenvalue weighted by atomic mass is 10.2. The standard InChI is InChI=1S/C15H23N5/c1-3-19(4-2)8-5-9-20-12-17-11-14(20)13-6-7-15(16)18-10-13/h6-7,10-12H,3-5,8-9H2,1-2H3,(H2,16,18). The summed E-state index contributed by atoms with van der Waals surface area (Å²) in [6.07, 6.45) is 6.68. The van der Waals surface area contributed by atoms with E-state index in [0.29, 0.717) is 5.82 Å². The van der Waals surface area contributed by atoms with Crippen molar-refractivity contribution in [3.05, 3.63) is 30.9 Å². The van der Waals surface area contributed by atoms with Crippen LogP contribution >= 0.6 is 0 Å². The average molecular weight is 273 g/mol. The summed E-state index contributed by atoms with van der Waals surface area (Å²) in [7, 11) is 0. The predicted molar refractivity (Wildman–Crippen MR) is 82.3 cm³/mol. The third kappa shape index (κ3) is 3.57. The van der Waals surface area contributed by atoms with Crippen LogP contribution in [0.25, 0.3) is 11.3 Å². The molecule has 0 aliphatic carbocycles. The third-order valence-electron chi connectivity index (χ3n) is 3.56. The number of hydrogen-bond donors (Lipinski definition) is 1. The number of anilines is 1. The van der Waals surface area contributed by atoms with E-state index in [4.69, 9.17) is 5.73 Å². The fraction of sp³-hybridized carbons (Fsp3) is 0.467. The zero-order valence-electron chi connectivity index (χ0n) is 12.3. The van der Waals surface area contributed by atoms with E-state index in [9.17, 15) is 0 Å². The number of imidazole rings is 1. The number of aromatic nitrogens is 3. The monoisotopic (exact) mass is 273 g/mol. The molecule has 108 valence electrons. The maximum absolute atomic E-state index is 5.62. The van der Waals surface area contributed by atoms with Crippen LogP contribution in [0.4, 0.5) is 5.82 Å². The van der Waals surface area contributed by atoms with Crippen molar-refractivity contribution in [2.45, 2.75) is 26.8 Å². The summed E-state index contributed by atoms with van der Waals surface area (Å²) < 4.78 is 2.18. The lowest BCUT2D eigenvalue weighted by molar-refractivity contribution is 0.293. The van der Waals surface area contributed by atoms with Gasteiger partial charge >= 0.3 is 0 Å². The van der Waals surface area contributed by atoms with Gasteiger partial charge < -0.3 is 15.2 Å². The Balaban J connectivity index is 2.00. The van der Waals surface area contributed by atoms with E-state index in [2.05, 4.69) is 33.3 Å². The van der Waals surface area contributed by atoms with Crippen LogP contribution in [0.2, 0.25) is 0 Å². The number of rotatable bonds is 7. The van der Waals surface area contributed by atoms with Crippen molar-refractivity contribution in [1.29, 1.82) is 0 Å². The fourth-order valence-electron chi connectivity index (χ4n) is 2.30. The van der Waals surface area contributed by atoms with Crippen molar-refractivity contribution < 1.29 is 0 Å². The minimum atomic E-state index is 0.543. The van der Waals surface area contributed by atoms with Crippen molar-refractivity contribution in [3.63, 3.8) is 0 Å². The van der Waals surface area contributed by atoms with Crippen LogP contribution in [0.3, 0.4) is 0 Å². The predicted octanol–water partition coefficient (Wildman–Crippen LogP) is 2.26. The molecule has 0 aliphatic rings. The van der Waals surface area contributed by atoms with Crippen LogP contribution in [0.15, 0.2) is 30.9 Å². The number of nitrogens with zero attached hydrogens (tertiary/aromatic N) is 4. The van der Waals surface area contributed by atoms with Crippen LogP contribution in [0.5, 0.6) is 0 Å². The first-order valence-electron chi connectivity index (χ1n) is 7.19. The molecule has 0 saturated carbocycles. The normalized spacial score (nSPS) is 11.2. The van der Waals surface area contributed by atoms with Crippen LogP contribution < -0.4 is 5.73 Å². The second kappa shape index (κ2) is 7.05. The third-order valence-corrected chi connectivity index (χ3v) is 3.56. The Morgan fingerprint density at radius 2 is 2.00 bits per heavy atom. The fourth-order valence-corrected chi connectivity index (χ4v) is 2.30. The lowest BCUT2D eigenvalue weighted by Gasteiger charge is -2.18. The molecule has 2 rings (SSSR count). The number of aryl methyl sites for hydroxylation is 1. The average Bonchev–Trinajstić information content (AvgIpc) is 2.93. The molecule has 0 aromatic carbocycles. The van der Waals surface area contributed by atoms with Gasteiger partial charge in [-0.05, 0) is 38.2 Å². The second-order valence-electron chi connectivity index (χ2n) is 4.82. The van der Waals surface area contributed by atoms with Crippen molar-refractivity contribution in [2.75, 3.05) is 25.4 Å².